The Morgan fingerprint density at radius 3 is 2.53 bits per heavy atom. The van der Waals surface area contributed by atoms with Crippen molar-refractivity contribution >= 4 is 31.6 Å². The molecular formula is C11H17BrN2O2S. The van der Waals surface area contributed by atoms with Gasteiger partial charge in [-0.15, -0.1) is 0 Å². The fourth-order valence-electron chi connectivity index (χ4n) is 1.22. The minimum Gasteiger partial charge on any atom is -0.399 e. The third kappa shape index (κ3) is 3.69. The SMILES string of the molecule is CCC(C)(C)NS(=O)(=O)c1cc(N)ccc1Br. The van der Waals surface area contributed by atoms with Crippen molar-refractivity contribution in [3.63, 3.8) is 0 Å². The number of hydrogen-bond donors (Lipinski definition) is 2. The van der Waals surface area contributed by atoms with E-state index in [4.69, 9.17) is 5.73 Å². The molecule has 0 aromatic heterocycles. The molecule has 0 bridgehead atoms. The van der Waals surface area contributed by atoms with Crippen molar-refractivity contribution in [3.8, 4) is 0 Å². The zero-order chi connectivity index (χ0) is 13.3. The molecule has 4 nitrogen and oxygen atoms in total. The Labute approximate surface area is 111 Å². The van der Waals surface area contributed by atoms with E-state index in [-0.39, 0.29) is 4.90 Å². The maximum absolute atomic E-state index is 12.2. The normalized spacial score (nSPS) is 12.7. The summed E-state index contributed by atoms with van der Waals surface area (Å²) in [4.78, 5) is 0.166. The summed E-state index contributed by atoms with van der Waals surface area (Å²) in [5, 5.41) is 0. The van der Waals surface area contributed by atoms with Gasteiger partial charge in [0, 0.05) is 15.7 Å². The number of sulfonamides is 1. The number of nitrogens with two attached hydrogens (primary N) is 1. The molecule has 0 aliphatic carbocycles. The van der Waals surface area contributed by atoms with Crippen LogP contribution in [0.4, 0.5) is 5.69 Å². The maximum Gasteiger partial charge on any atom is 0.242 e. The van der Waals surface area contributed by atoms with Crippen molar-refractivity contribution in [2.24, 2.45) is 0 Å². The van der Waals surface area contributed by atoms with Crippen LogP contribution in [-0.2, 0) is 10.0 Å². The molecule has 0 aliphatic rings. The molecule has 0 aliphatic heterocycles. The molecule has 17 heavy (non-hydrogen) atoms. The van der Waals surface area contributed by atoms with E-state index in [1.165, 1.54) is 6.07 Å². The number of benzene rings is 1. The molecule has 0 amide bonds. The van der Waals surface area contributed by atoms with E-state index < -0.39 is 15.6 Å². The van der Waals surface area contributed by atoms with Crippen molar-refractivity contribution in [1.82, 2.24) is 4.72 Å². The summed E-state index contributed by atoms with van der Waals surface area (Å²) in [5.74, 6) is 0. The average Bonchev–Trinajstić information content (AvgIpc) is 2.20. The topological polar surface area (TPSA) is 72.2 Å². The number of nitrogens with one attached hydrogen (secondary N) is 1. The van der Waals surface area contributed by atoms with Crippen LogP contribution < -0.4 is 10.5 Å². The Balaban J connectivity index is 3.18. The van der Waals surface area contributed by atoms with E-state index in [1.807, 2.05) is 20.8 Å². The van der Waals surface area contributed by atoms with E-state index in [0.717, 1.165) is 0 Å². The zero-order valence-electron chi connectivity index (χ0n) is 10.1. The van der Waals surface area contributed by atoms with Crippen LogP contribution in [0.3, 0.4) is 0 Å². The lowest BCUT2D eigenvalue weighted by Gasteiger charge is -2.24. The summed E-state index contributed by atoms with van der Waals surface area (Å²) in [6, 6.07) is 4.72. The second-order valence-corrected chi connectivity index (χ2v) is 7.04. The highest BCUT2D eigenvalue weighted by atomic mass is 79.9. The third-order valence-electron chi connectivity index (χ3n) is 2.54. The molecule has 0 saturated heterocycles. The molecule has 1 aromatic rings. The molecule has 96 valence electrons. The van der Waals surface area contributed by atoms with Gasteiger partial charge in [-0.3, -0.25) is 0 Å². The molecule has 0 saturated carbocycles. The van der Waals surface area contributed by atoms with Gasteiger partial charge in [0.25, 0.3) is 0 Å². The average molecular weight is 321 g/mol. The van der Waals surface area contributed by atoms with Gasteiger partial charge in [-0.05, 0) is 54.4 Å². The first-order chi connectivity index (χ1) is 7.68. The summed E-state index contributed by atoms with van der Waals surface area (Å²) < 4.78 is 27.5. The fraction of sp³-hybridized carbons (Fsp3) is 0.455. The molecule has 1 aromatic carbocycles. The van der Waals surface area contributed by atoms with Gasteiger partial charge in [-0.2, -0.15) is 0 Å². The third-order valence-corrected chi connectivity index (χ3v) is 5.23. The lowest BCUT2D eigenvalue weighted by Crippen LogP contribution is -2.42. The van der Waals surface area contributed by atoms with Gasteiger partial charge in [0.2, 0.25) is 10.0 Å². The van der Waals surface area contributed by atoms with Crippen LogP contribution in [0, 0.1) is 0 Å². The Morgan fingerprint density at radius 1 is 1.41 bits per heavy atom. The standard InChI is InChI=1S/C11H17BrN2O2S/c1-4-11(2,3)14-17(15,16)10-7-8(13)5-6-9(10)12/h5-7,14H,4,13H2,1-3H3. The minimum absolute atomic E-state index is 0.166. The van der Waals surface area contributed by atoms with Gasteiger partial charge in [0.15, 0.2) is 0 Å². The Hall–Kier alpha value is -0.590. The van der Waals surface area contributed by atoms with E-state index >= 15 is 0 Å². The summed E-state index contributed by atoms with van der Waals surface area (Å²) in [6.45, 7) is 5.60. The number of rotatable bonds is 4. The number of halogens is 1. The number of hydrogen-bond acceptors (Lipinski definition) is 3. The van der Waals surface area contributed by atoms with Crippen LogP contribution in [-0.4, -0.2) is 14.0 Å². The predicted octanol–water partition coefficient (Wildman–Crippen LogP) is 2.50. The van der Waals surface area contributed by atoms with E-state index in [1.54, 1.807) is 12.1 Å². The van der Waals surface area contributed by atoms with Crippen LogP contribution in [0.2, 0.25) is 0 Å². The van der Waals surface area contributed by atoms with Crippen molar-refractivity contribution in [1.29, 1.82) is 0 Å². The first kappa shape index (κ1) is 14.5. The molecule has 0 spiro atoms. The highest BCUT2D eigenvalue weighted by Gasteiger charge is 2.26. The molecule has 1 rings (SSSR count). The lowest BCUT2D eigenvalue weighted by molar-refractivity contribution is 0.439. The summed E-state index contributed by atoms with van der Waals surface area (Å²) in [5.41, 5.74) is 5.54. The van der Waals surface area contributed by atoms with Crippen molar-refractivity contribution < 1.29 is 8.42 Å². The molecule has 6 heteroatoms. The minimum atomic E-state index is -3.56. The molecule has 0 heterocycles. The Kier molecular flexibility index (Phi) is 4.22. The first-order valence-corrected chi connectivity index (χ1v) is 7.54. The van der Waals surface area contributed by atoms with Crippen molar-refractivity contribution in [2.45, 2.75) is 37.6 Å². The maximum atomic E-state index is 12.2. The summed E-state index contributed by atoms with van der Waals surface area (Å²) in [7, 11) is -3.56. The Bertz CT molecular complexity index is 512. The van der Waals surface area contributed by atoms with Crippen molar-refractivity contribution in [2.75, 3.05) is 5.73 Å². The largest absolute Gasteiger partial charge is 0.399 e. The monoisotopic (exact) mass is 320 g/mol. The summed E-state index contributed by atoms with van der Waals surface area (Å²) >= 11 is 3.22. The van der Waals surface area contributed by atoms with E-state index in [0.29, 0.717) is 16.6 Å². The van der Waals surface area contributed by atoms with Gasteiger partial charge in [0.1, 0.15) is 0 Å². The van der Waals surface area contributed by atoms with Gasteiger partial charge >= 0.3 is 0 Å². The fourth-order valence-corrected chi connectivity index (χ4v) is 3.70. The van der Waals surface area contributed by atoms with Crippen LogP contribution in [0.1, 0.15) is 27.2 Å². The quantitative estimate of drug-likeness (QED) is 0.837. The highest BCUT2D eigenvalue weighted by molar-refractivity contribution is 9.10. The van der Waals surface area contributed by atoms with Gasteiger partial charge in [-0.1, -0.05) is 6.92 Å². The zero-order valence-corrected chi connectivity index (χ0v) is 12.5. The van der Waals surface area contributed by atoms with Gasteiger partial charge in [-0.25, -0.2) is 13.1 Å². The highest BCUT2D eigenvalue weighted by Crippen LogP contribution is 2.25. The number of nitrogen functional groups attached to an aromatic ring is 1. The second-order valence-electron chi connectivity index (χ2n) is 4.53. The van der Waals surface area contributed by atoms with E-state index in [9.17, 15) is 8.42 Å². The predicted molar refractivity (Wildman–Crippen MR) is 73.2 cm³/mol. The van der Waals surface area contributed by atoms with Crippen LogP contribution >= 0.6 is 15.9 Å². The summed E-state index contributed by atoms with van der Waals surface area (Å²) in [6.07, 6.45) is 0.701. The molecule has 0 atom stereocenters. The van der Waals surface area contributed by atoms with Crippen molar-refractivity contribution in [3.05, 3.63) is 22.7 Å². The molecule has 3 N–H and O–H groups in total. The molecule has 0 fully saturated rings. The second kappa shape index (κ2) is 4.96. The molecule has 0 radical (unpaired) electrons. The smallest absolute Gasteiger partial charge is 0.242 e. The molecular weight excluding hydrogens is 304 g/mol. The Morgan fingerprint density at radius 2 is 2.00 bits per heavy atom. The van der Waals surface area contributed by atoms with Gasteiger partial charge < -0.3 is 5.73 Å². The van der Waals surface area contributed by atoms with Crippen LogP contribution in [0.25, 0.3) is 0 Å². The van der Waals surface area contributed by atoms with Crippen LogP contribution in [0.5, 0.6) is 0 Å². The van der Waals surface area contributed by atoms with Crippen LogP contribution in [0.15, 0.2) is 27.6 Å². The molecule has 0 unspecified atom stereocenters. The number of anilines is 1. The van der Waals surface area contributed by atoms with E-state index in [2.05, 4.69) is 20.7 Å². The first-order valence-electron chi connectivity index (χ1n) is 5.27. The lowest BCUT2D eigenvalue weighted by atomic mass is 10.0. The van der Waals surface area contributed by atoms with Gasteiger partial charge in [0.05, 0.1) is 4.90 Å².